The molecule has 0 amide bonds. The van der Waals surface area contributed by atoms with Crippen molar-refractivity contribution in [2.45, 2.75) is 12.5 Å². The van der Waals surface area contributed by atoms with Crippen LogP contribution in [0.5, 0.6) is 5.75 Å². The second kappa shape index (κ2) is 4.43. The van der Waals surface area contributed by atoms with Gasteiger partial charge in [0.25, 0.3) is 0 Å². The third-order valence-corrected chi connectivity index (χ3v) is 2.98. The molecule has 2 rings (SSSR count). The van der Waals surface area contributed by atoms with Gasteiger partial charge in [-0.1, -0.05) is 0 Å². The van der Waals surface area contributed by atoms with Crippen molar-refractivity contribution in [3.05, 3.63) is 18.2 Å². The van der Waals surface area contributed by atoms with E-state index in [0.717, 1.165) is 5.69 Å². The maximum absolute atomic E-state index is 10.2. The van der Waals surface area contributed by atoms with Crippen molar-refractivity contribution in [2.75, 3.05) is 36.9 Å². The van der Waals surface area contributed by atoms with Crippen LogP contribution >= 0.6 is 0 Å². The Morgan fingerprint density at radius 2 is 2.29 bits per heavy atom. The van der Waals surface area contributed by atoms with Gasteiger partial charge in [0.15, 0.2) is 0 Å². The zero-order chi connectivity index (χ0) is 12.5. The highest BCUT2D eigenvalue weighted by Crippen LogP contribution is 2.34. The number of nitrogen functional groups attached to an aromatic ring is 1. The van der Waals surface area contributed by atoms with Gasteiger partial charge in [-0.15, -0.1) is 0 Å². The first-order valence-corrected chi connectivity index (χ1v) is 5.68. The van der Waals surface area contributed by atoms with Crippen molar-refractivity contribution < 1.29 is 14.9 Å². The number of ether oxygens (including phenoxy) is 1. The molecule has 0 aliphatic carbocycles. The molecule has 94 valence electrons. The first-order chi connectivity index (χ1) is 8.08. The summed E-state index contributed by atoms with van der Waals surface area (Å²) in [4.78, 5) is 1.95. The number of anilines is 2. The summed E-state index contributed by atoms with van der Waals surface area (Å²) in [6.45, 7) is 2.78. The van der Waals surface area contributed by atoms with Gasteiger partial charge in [0.05, 0.1) is 18.8 Å². The van der Waals surface area contributed by atoms with Crippen LogP contribution in [0.3, 0.4) is 0 Å². The lowest BCUT2D eigenvalue weighted by Gasteiger charge is -2.29. The zero-order valence-corrected chi connectivity index (χ0v) is 9.89. The van der Waals surface area contributed by atoms with E-state index in [2.05, 4.69) is 0 Å². The van der Waals surface area contributed by atoms with Crippen molar-refractivity contribution in [1.82, 2.24) is 0 Å². The van der Waals surface area contributed by atoms with Crippen LogP contribution in [0, 0.1) is 0 Å². The van der Waals surface area contributed by atoms with Gasteiger partial charge in [-0.3, -0.25) is 0 Å². The average molecular weight is 238 g/mol. The van der Waals surface area contributed by atoms with Crippen molar-refractivity contribution in [2.24, 2.45) is 0 Å². The fraction of sp³-hybridized carbons (Fsp3) is 0.500. The minimum absolute atomic E-state index is 0.0803. The first-order valence-electron chi connectivity index (χ1n) is 5.68. The third kappa shape index (κ3) is 2.30. The molecule has 0 spiro atoms. The zero-order valence-electron chi connectivity index (χ0n) is 9.89. The van der Waals surface area contributed by atoms with Crippen LogP contribution in [0.2, 0.25) is 0 Å². The Bertz CT molecular complexity index is 411. The van der Waals surface area contributed by atoms with Crippen molar-refractivity contribution in [3.63, 3.8) is 0 Å². The van der Waals surface area contributed by atoms with E-state index in [-0.39, 0.29) is 13.2 Å². The number of fused-ring (bicyclic) bond motifs is 1. The van der Waals surface area contributed by atoms with Crippen LogP contribution in [-0.4, -0.2) is 42.1 Å². The number of likely N-dealkylation sites (N-methyl/N-ethyl adjacent to an activating group) is 1. The van der Waals surface area contributed by atoms with E-state index in [9.17, 15) is 10.2 Å². The Balaban J connectivity index is 2.39. The first kappa shape index (κ1) is 12.0. The highest BCUT2D eigenvalue weighted by Gasteiger charge is 2.33. The molecule has 1 atom stereocenters. The fourth-order valence-electron chi connectivity index (χ4n) is 1.98. The number of nitrogens with two attached hydrogens (primary N) is 1. The van der Waals surface area contributed by atoms with E-state index < -0.39 is 5.60 Å². The highest BCUT2D eigenvalue weighted by molar-refractivity contribution is 5.65. The molecule has 1 aliphatic heterocycles. The molecule has 1 aliphatic rings. The lowest BCUT2D eigenvalue weighted by atomic mass is 10.1. The number of rotatable bonds is 2. The van der Waals surface area contributed by atoms with Gasteiger partial charge in [-0.2, -0.15) is 0 Å². The monoisotopic (exact) mass is 238 g/mol. The summed E-state index contributed by atoms with van der Waals surface area (Å²) in [5.74, 6) is 0.686. The Hall–Kier alpha value is -1.46. The van der Waals surface area contributed by atoms with Gasteiger partial charge in [0.1, 0.15) is 18.0 Å². The van der Waals surface area contributed by atoms with E-state index in [1.54, 1.807) is 12.1 Å². The lowest BCUT2D eigenvalue weighted by molar-refractivity contribution is -0.0374. The Labute approximate surface area is 100 Å². The summed E-state index contributed by atoms with van der Waals surface area (Å²) in [5, 5.41) is 19.4. The van der Waals surface area contributed by atoms with E-state index in [1.165, 1.54) is 0 Å². The molecule has 4 N–H and O–H groups in total. The summed E-state index contributed by atoms with van der Waals surface area (Å²) < 4.78 is 5.53. The summed E-state index contributed by atoms with van der Waals surface area (Å²) in [7, 11) is 0. The van der Waals surface area contributed by atoms with E-state index in [4.69, 9.17) is 10.5 Å². The largest absolute Gasteiger partial charge is 0.488 e. The van der Waals surface area contributed by atoms with E-state index in [1.807, 2.05) is 17.9 Å². The molecular formula is C12H18N2O3. The molecule has 5 nitrogen and oxygen atoms in total. The molecule has 1 aromatic carbocycles. The molecular weight excluding hydrogens is 220 g/mol. The SMILES string of the molecule is CCN1CC(O)(CO)COc2ccc(N)cc21. The van der Waals surface area contributed by atoms with Gasteiger partial charge in [-0.25, -0.2) is 0 Å². The molecule has 0 saturated carbocycles. The van der Waals surface area contributed by atoms with E-state index >= 15 is 0 Å². The number of nitrogens with zero attached hydrogens (tertiary/aromatic N) is 1. The van der Waals surface area contributed by atoms with Crippen LogP contribution in [-0.2, 0) is 0 Å². The average Bonchev–Trinajstić information content (AvgIpc) is 2.47. The predicted octanol–water partition coefficient (Wildman–Crippen LogP) is 0.211. The van der Waals surface area contributed by atoms with Crippen molar-refractivity contribution in [1.29, 1.82) is 0 Å². The van der Waals surface area contributed by atoms with Gasteiger partial charge in [-0.05, 0) is 25.1 Å². The molecule has 1 heterocycles. The number of aliphatic hydroxyl groups is 2. The quantitative estimate of drug-likeness (QED) is 0.642. The maximum atomic E-state index is 10.2. The van der Waals surface area contributed by atoms with E-state index in [0.29, 0.717) is 24.5 Å². The molecule has 0 aromatic heterocycles. The van der Waals surface area contributed by atoms with Gasteiger partial charge in [0, 0.05) is 12.2 Å². The smallest absolute Gasteiger partial charge is 0.142 e. The Morgan fingerprint density at radius 1 is 1.53 bits per heavy atom. The molecule has 1 unspecified atom stereocenters. The standard InChI is InChI=1S/C12H18N2O3/c1-2-14-6-12(16,7-15)8-17-11-4-3-9(13)5-10(11)14/h3-5,15-16H,2,6-8,13H2,1H3. The van der Waals surface area contributed by atoms with Gasteiger partial charge < -0.3 is 25.6 Å². The van der Waals surface area contributed by atoms with Crippen molar-refractivity contribution in [3.8, 4) is 5.75 Å². The molecule has 1 aromatic rings. The normalized spacial score (nSPS) is 23.8. The second-order valence-electron chi connectivity index (χ2n) is 4.41. The molecule has 0 fully saturated rings. The number of benzene rings is 1. The topological polar surface area (TPSA) is 79.0 Å². The predicted molar refractivity (Wildman–Crippen MR) is 66.3 cm³/mol. The molecule has 5 heteroatoms. The lowest BCUT2D eigenvalue weighted by Crippen LogP contribution is -2.48. The van der Waals surface area contributed by atoms with Gasteiger partial charge >= 0.3 is 0 Å². The second-order valence-corrected chi connectivity index (χ2v) is 4.41. The van der Waals surface area contributed by atoms with Crippen LogP contribution in [0.25, 0.3) is 0 Å². The molecule has 0 bridgehead atoms. The van der Waals surface area contributed by atoms with Crippen LogP contribution in [0.1, 0.15) is 6.92 Å². The Morgan fingerprint density at radius 3 is 2.94 bits per heavy atom. The number of β-amino-alcohol motifs (C(OH)–C–C–N with tert-alkyl or cyclic N) is 1. The number of aliphatic hydroxyl groups excluding tert-OH is 1. The summed E-state index contributed by atoms with van der Waals surface area (Å²) >= 11 is 0. The summed E-state index contributed by atoms with van der Waals surface area (Å²) in [5.41, 5.74) is 6.03. The maximum Gasteiger partial charge on any atom is 0.142 e. The van der Waals surface area contributed by atoms with Crippen LogP contribution in [0.4, 0.5) is 11.4 Å². The number of hydrogen-bond acceptors (Lipinski definition) is 5. The Kier molecular flexibility index (Phi) is 3.13. The van der Waals surface area contributed by atoms with Gasteiger partial charge in [0.2, 0.25) is 0 Å². The summed E-state index contributed by atoms with van der Waals surface area (Å²) in [6, 6.07) is 5.37. The molecule has 0 saturated heterocycles. The summed E-state index contributed by atoms with van der Waals surface area (Å²) in [6.07, 6.45) is 0. The van der Waals surface area contributed by atoms with Crippen molar-refractivity contribution >= 4 is 11.4 Å². The van der Waals surface area contributed by atoms with Crippen LogP contribution in [0.15, 0.2) is 18.2 Å². The minimum atomic E-state index is -1.23. The highest BCUT2D eigenvalue weighted by atomic mass is 16.5. The molecule has 0 radical (unpaired) electrons. The minimum Gasteiger partial charge on any atom is -0.488 e. The number of hydrogen-bond donors (Lipinski definition) is 3. The van der Waals surface area contributed by atoms with Crippen LogP contribution < -0.4 is 15.4 Å². The third-order valence-electron chi connectivity index (χ3n) is 2.98. The fourth-order valence-corrected chi connectivity index (χ4v) is 1.98. The molecule has 17 heavy (non-hydrogen) atoms.